The van der Waals surface area contributed by atoms with Crippen molar-refractivity contribution >= 4 is 33.9 Å². The molecule has 8 heteroatoms. The highest BCUT2D eigenvalue weighted by atomic mass is 32.1. The number of pyridine rings is 1. The molecule has 168 valence electrons. The zero-order valence-electron chi connectivity index (χ0n) is 18.4. The van der Waals surface area contributed by atoms with E-state index in [0.29, 0.717) is 41.9 Å². The van der Waals surface area contributed by atoms with Crippen molar-refractivity contribution in [3.63, 3.8) is 0 Å². The van der Waals surface area contributed by atoms with Crippen molar-refractivity contribution in [1.82, 2.24) is 14.8 Å². The quantitative estimate of drug-likeness (QED) is 0.532. The van der Waals surface area contributed by atoms with Crippen LogP contribution < -0.4 is 20.3 Å². The number of aromatic nitrogens is 1. The van der Waals surface area contributed by atoms with Crippen molar-refractivity contribution in [2.75, 3.05) is 45.7 Å². The van der Waals surface area contributed by atoms with Gasteiger partial charge >= 0.3 is 0 Å². The minimum Gasteiger partial charge on any atom is -0.486 e. The molecule has 2 aromatic carbocycles. The standard InChI is InChI=1S/C24H28N4O3S/c1-27(2)9-6-10-28(24(32)25-19-7-4-3-5-8-19)16-18-13-17-14-21-22(31-12-11-30-21)15-20(17)26-23(18)29/h3-5,7-8,13-15H,6,9-12,16H2,1-2H3,(H,25,32)(H,26,29). The van der Waals surface area contributed by atoms with Gasteiger partial charge in [-0.2, -0.15) is 0 Å². The fourth-order valence-corrected chi connectivity index (χ4v) is 3.94. The molecule has 2 heterocycles. The summed E-state index contributed by atoms with van der Waals surface area (Å²) in [5, 5.41) is 4.79. The number of anilines is 1. The number of ether oxygens (including phenoxy) is 2. The van der Waals surface area contributed by atoms with E-state index in [0.717, 1.165) is 36.1 Å². The molecule has 1 aliphatic heterocycles. The van der Waals surface area contributed by atoms with Crippen molar-refractivity contribution in [2.24, 2.45) is 0 Å². The highest BCUT2D eigenvalue weighted by molar-refractivity contribution is 7.80. The van der Waals surface area contributed by atoms with Crippen molar-refractivity contribution in [1.29, 1.82) is 0 Å². The van der Waals surface area contributed by atoms with Gasteiger partial charge in [0.15, 0.2) is 16.6 Å². The van der Waals surface area contributed by atoms with E-state index < -0.39 is 0 Å². The number of aromatic amines is 1. The van der Waals surface area contributed by atoms with Gasteiger partial charge in [-0.15, -0.1) is 0 Å². The monoisotopic (exact) mass is 452 g/mol. The number of nitrogens with zero attached hydrogens (tertiary/aromatic N) is 2. The largest absolute Gasteiger partial charge is 0.486 e. The van der Waals surface area contributed by atoms with Crippen molar-refractivity contribution in [3.05, 3.63) is 64.4 Å². The van der Waals surface area contributed by atoms with Crippen molar-refractivity contribution in [2.45, 2.75) is 13.0 Å². The summed E-state index contributed by atoms with van der Waals surface area (Å²) in [6.45, 7) is 3.10. The molecule has 0 bridgehead atoms. The summed E-state index contributed by atoms with van der Waals surface area (Å²) in [6.07, 6.45) is 0.924. The maximum Gasteiger partial charge on any atom is 0.253 e. The Hall–Kier alpha value is -3.10. The second-order valence-corrected chi connectivity index (χ2v) is 8.47. The van der Waals surface area contributed by atoms with Crippen LogP contribution in [0, 0.1) is 0 Å². The molecule has 0 saturated carbocycles. The van der Waals surface area contributed by atoms with E-state index in [-0.39, 0.29) is 5.56 Å². The number of benzene rings is 2. The highest BCUT2D eigenvalue weighted by Crippen LogP contribution is 2.33. The second kappa shape index (κ2) is 10.0. The minimum atomic E-state index is -0.130. The minimum absolute atomic E-state index is 0.130. The van der Waals surface area contributed by atoms with Crippen molar-refractivity contribution < 1.29 is 9.47 Å². The van der Waals surface area contributed by atoms with Crippen LogP contribution in [0.4, 0.5) is 5.69 Å². The van der Waals surface area contributed by atoms with Gasteiger partial charge in [-0.1, -0.05) is 18.2 Å². The number of H-pyrrole nitrogens is 1. The SMILES string of the molecule is CN(C)CCCN(Cc1cc2cc3c(cc2[nH]c1=O)OCCO3)C(=S)Nc1ccccc1. The first kappa shape index (κ1) is 22.1. The van der Waals surface area contributed by atoms with Gasteiger partial charge in [-0.3, -0.25) is 4.79 Å². The first-order valence-electron chi connectivity index (χ1n) is 10.7. The molecule has 7 nitrogen and oxygen atoms in total. The third-order valence-electron chi connectivity index (χ3n) is 5.29. The van der Waals surface area contributed by atoms with E-state index in [9.17, 15) is 4.79 Å². The molecule has 1 aromatic heterocycles. The van der Waals surface area contributed by atoms with Gasteiger partial charge in [0.05, 0.1) is 12.1 Å². The molecule has 32 heavy (non-hydrogen) atoms. The van der Waals surface area contributed by atoms with E-state index in [2.05, 4.69) is 15.2 Å². The van der Waals surface area contributed by atoms with Gasteiger partial charge < -0.3 is 29.6 Å². The average molecular weight is 453 g/mol. The molecule has 0 radical (unpaired) electrons. The van der Waals surface area contributed by atoms with Crippen LogP contribution in [0.2, 0.25) is 0 Å². The molecule has 0 atom stereocenters. The number of hydrogen-bond acceptors (Lipinski definition) is 5. The van der Waals surface area contributed by atoms with E-state index in [4.69, 9.17) is 21.7 Å². The van der Waals surface area contributed by atoms with Crippen LogP contribution in [0.25, 0.3) is 10.9 Å². The Bertz CT molecular complexity index is 1150. The fourth-order valence-electron chi connectivity index (χ4n) is 3.67. The number of thiocarbonyl (C=S) groups is 1. The molecule has 3 aromatic rings. The lowest BCUT2D eigenvalue weighted by atomic mass is 10.1. The lowest BCUT2D eigenvalue weighted by Gasteiger charge is -2.26. The third-order valence-corrected chi connectivity index (χ3v) is 5.65. The number of nitrogens with one attached hydrogen (secondary N) is 2. The lowest BCUT2D eigenvalue weighted by Crippen LogP contribution is -2.37. The van der Waals surface area contributed by atoms with Crippen LogP contribution in [-0.4, -0.2) is 60.3 Å². The highest BCUT2D eigenvalue weighted by Gasteiger charge is 2.17. The van der Waals surface area contributed by atoms with Crippen LogP contribution in [0.5, 0.6) is 11.5 Å². The summed E-state index contributed by atoms with van der Waals surface area (Å²) in [4.78, 5) is 20.0. The van der Waals surface area contributed by atoms with Crippen LogP contribution in [0.15, 0.2) is 53.3 Å². The summed E-state index contributed by atoms with van der Waals surface area (Å²) < 4.78 is 11.3. The molecule has 2 N–H and O–H groups in total. The summed E-state index contributed by atoms with van der Waals surface area (Å²) in [5.41, 5.74) is 2.17. The van der Waals surface area contributed by atoms with Crippen LogP contribution >= 0.6 is 12.2 Å². The van der Waals surface area contributed by atoms with Crippen molar-refractivity contribution in [3.8, 4) is 11.5 Å². The van der Waals surface area contributed by atoms with Gasteiger partial charge in [-0.25, -0.2) is 0 Å². The van der Waals surface area contributed by atoms with E-state index >= 15 is 0 Å². The Balaban J connectivity index is 1.58. The van der Waals surface area contributed by atoms with Gasteiger partial charge in [0.1, 0.15) is 13.2 Å². The summed E-state index contributed by atoms with van der Waals surface area (Å²) in [7, 11) is 4.09. The molecule has 1 aliphatic rings. The van der Waals surface area contributed by atoms with Gasteiger partial charge in [0.25, 0.3) is 5.56 Å². The Morgan fingerprint density at radius 3 is 2.50 bits per heavy atom. The molecule has 0 amide bonds. The second-order valence-electron chi connectivity index (χ2n) is 8.08. The molecule has 4 rings (SSSR count). The maximum absolute atomic E-state index is 12.9. The van der Waals surface area contributed by atoms with Crippen LogP contribution in [0.3, 0.4) is 0 Å². The molecule has 0 saturated heterocycles. The predicted octanol–water partition coefficient (Wildman–Crippen LogP) is 3.45. The summed E-state index contributed by atoms with van der Waals surface area (Å²) in [5.74, 6) is 1.36. The number of hydrogen-bond donors (Lipinski definition) is 2. The third kappa shape index (κ3) is 5.38. The first-order chi connectivity index (χ1) is 15.5. The van der Waals surface area contributed by atoms with E-state index in [1.54, 1.807) is 0 Å². The van der Waals surface area contributed by atoms with E-state index in [1.165, 1.54) is 0 Å². The normalized spacial score (nSPS) is 12.7. The van der Waals surface area contributed by atoms with Gasteiger partial charge in [-0.05, 0) is 63.5 Å². The Morgan fingerprint density at radius 1 is 1.06 bits per heavy atom. The molecular weight excluding hydrogens is 424 g/mol. The smallest absolute Gasteiger partial charge is 0.253 e. The summed E-state index contributed by atoms with van der Waals surface area (Å²) >= 11 is 5.71. The number of rotatable bonds is 7. The molecule has 0 fully saturated rings. The molecular formula is C24H28N4O3S. The number of fused-ring (bicyclic) bond motifs is 2. The molecule has 0 unspecified atom stereocenters. The maximum atomic E-state index is 12.9. The average Bonchev–Trinajstić information content (AvgIpc) is 2.78. The fraction of sp³-hybridized carbons (Fsp3) is 0.333. The van der Waals surface area contributed by atoms with Gasteiger partial charge in [0.2, 0.25) is 0 Å². The molecule has 0 aliphatic carbocycles. The van der Waals surface area contributed by atoms with E-state index in [1.807, 2.05) is 67.5 Å². The Morgan fingerprint density at radius 2 is 1.78 bits per heavy atom. The topological polar surface area (TPSA) is 69.8 Å². The lowest BCUT2D eigenvalue weighted by molar-refractivity contribution is 0.172. The Kier molecular flexibility index (Phi) is 6.92. The summed E-state index contributed by atoms with van der Waals surface area (Å²) in [6, 6.07) is 15.5. The number of para-hydroxylation sites is 1. The van der Waals surface area contributed by atoms with Gasteiger partial charge in [0, 0.05) is 29.2 Å². The van der Waals surface area contributed by atoms with Crippen LogP contribution in [0.1, 0.15) is 12.0 Å². The van der Waals surface area contributed by atoms with Crippen LogP contribution in [-0.2, 0) is 6.54 Å². The zero-order valence-corrected chi connectivity index (χ0v) is 19.2. The first-order valence-corrected chi connectivity index (χ1v) is 11.1. The molecule has 0 spiro atoms. The zero-order chi connectivity index (χ0) is 22.5. The predicted molar refractivity (Wildman–Crippen MR) is 132 cm³/mol. The Labute approximate surface area is 192 Å².